The van der Waals surface area contributed by atoms with Crippen molar-refractivity contribution in [1.82, 2.24) is 0 Å². The Balaban J connectivity index is 3.17. The van der Waals surface area contributed by atoms with Crippen LogP contribution in [0, 0.1) is 0 Å². The third kappa shape index (κ3) is 4.58. The van der Waals surface area contributed by atoms with Crippen LogP contribution in [0.1, 0.15) is 0 Å². The third-order valence-electron chi connectivity index (χ3n) is 0.214. The van der Waals surface area contributed by atoms with Crippen molar-refractivity contribution in [3.63, 3.8) is 0 Å². The van der Waals surface area contributed by atoms with Crippen molar-refractivity contribution in [3.05, 3.63) is 0 Å². The molecule has 0 bridgehead atoms. The van der Waals surface area contributed by atoms with E-state index in [1.54, 1.807) is 0 Å². The van der Waals surface area contributed by atoms with E-state index >= 15 is 0 Å². The average molecular weight is 209 g/mol. The monoisotopic (exact) mass is 209 g/mol. The van der Waals surface area contributed by atoms with E-state index < -0.39 is 11.4 Å². The standard InChI is InChI=1S/CH2BF3I/c3-1(4,6)2-5/h2H2/q-1. The zero-order valence-electron chi connectivity index (χ0n) is 3.01. The minimum absolute atomic E-state index is 0.788. The molecule has 5 heteroatoms. The lowest BCUT2D eigenvalue weighted by atomic mass is 10.1. The van der Waals surface area contributed by atoms with E-state index in [9.17, 15) is 13.1 Å². The first-order chi connectivity index (χ1) is 2.56. The molecule has 0 unspecified atom stereocenters. The number of halogens is 4. The molecule has 0 spiro atoms. The second-order valence-electron chi connectivity index (χ2n) is 0.970. The molecule has 0 aromatic carbocycles. The Hall–Kier alpha value is 0.585. The van der Waals surface area contributed by atoms with Gasteiger partial charge in [0.25, 0.3) is 0 Å². The normalized spacial score (nSPS) is 12.0. The lowest BCUT2D eigenvalue weighted by Crippen LogP contribution is -2.09. The van der Waals surface area contributed by atoms with Crippen LogP contribution in [0.15, 0.2) is 0 Å². The smallest absolute Gasteiger partial charge is 0.216 e. The van der Waals surface area contributed by atoms with Gasteiger partial charge >= 0.3 is 0 Å². The molecular formula is CH2BF3I-. The predicted molar refractivity (Wildman–Crippen MR) is 28.6 cm³/mol. The third-order valence-corrected chi connectivity index (χ3v) is 0.622. The van der Waals surface area contributed by atoms with Crippen molar-refractivity contribution in [2.45, 2.75) is 3.83 Å². The first kappa shape index (κ1) is 6.58. The molecule has 0 atom stereocenters. The van der Waals surface area contributed by atoms with Crippen molar-refractivity contribution in [2.75, 3.05) is 0 Å². The number of hydrogen-bond acceptors (Lipinski definition) is 0. The van der Waals surface area contributed by atoms with Gasteiger partial charge in [0.1, 0.15) is 0 Å². The molecule has 0 fully saturated rings. The molecule has 0 N–H and O–H groups in total. The molecular weight excluding hydrogens is 207 g/mol. The Labute approximate surface area is 47.5 Å². The van der Waals surface area contributed by atoms with Gasteiger partial charge in [0.15, 0.2) is 3.83 Å². The summed E-state index contributed by atoms with van der Waals surface area (Å²) in [4.78, 5) is 0. The first-order valence-electron chi connectivity index (χ1n) is 1.44. The van der Waals surface area contributed by atoms with Crippen LogP contribution in [-0.4, -0.2) is 11.4 Å². The van der Waals surface area contributed by atoms with Crippen molar-refractivity contribution >= 4 is 30.1 Å². The minimum Gasteiger partial charge on any atom is -0.518 e. The van der Waals surface area contributed by atoms with E-state index in [-0.39, 0.29) is 0 Å². The van der Waals surface area contributed by atoms with Crippen LogP contribution < -0.4 is 0 Å². The maximum Gasteiger partial charge on any atom is 0.216 e. The Bertz CT molecular complexity index is 40.5. The molecule has 0 amide bonds. The van der Waals surface area contributed by atoms with Crippen molar-refractivity contribution < 1.29 is 13.1 Å². The predicted octanol–water partition coefficient (Wildman–Crippen LogP) is 1.02. The molecule has 6 heavy (non-hydrogen) atoms. The summed E-state index contributed by atoms with van der Waals surface area (Å²) < 4.78 is 30.1. The van der Waals surface area contributed by atoms with Gasteiger partial charge in [-0.05, 0) is 22.6 Å². The van der Waals surface area contributed by atoms with Gasteiger partial charge in [0, 0.05) is 0 Å². The van der Waals surface area contributed by atoms with Crippen LogP contribution in [0.3, 0.4) is 0 Å². The van der Waals surface area contributed by atoms with Crippen LogP contribution in [0.5, 0.6) is 0 Å². The average Bonchev–Trinajstić information content (AvgIpc) is 1.35. The van der Waals surface area contributed by atoms with Gasteiger partial charge < -0.3 is 4.32 Å². The highest BCUT2D eigenvalue weighted by Gasteiger charge is 2.14. The van der Waals surface area contributed by atoms with Crippen molar-refractivity contribution in [3.8, 4) is 0 Å². The molecule has 0 saturated carbocycles. The van der Waals surface area contributed by atoms with Crippen LogP contribution >= 0.6 is 22.6 Å². The Morgan fingerprint density at radius 3 is 1.67 bits per heavy atom. The van der Waals surface area contributed by atoms with Gasteiger partial charge in [0.2, 0.25) is 7.56 Å². The summed E-state index contributed by atoms with van der Waals surface area (Å²) in [6.07, 6.45) is 0. The van der Waals surface area contributed by atoms with E-state index in [2.05, 4.69) is 0 Å². The highest BCUT2D eigenvalue weighted by molar-refractivity contribution is 14.1. The topological polar surface area (TPSA) is 0 Å². The molecule has 0 aromatic heterocycles. The van der Waals surface area contributed by atoms with E-state index in [1.165, 1.54) is 0 Å². The van der Waals surface area contributed by atoms with Gasteiger partial charge in [-0.3, -0.25) is 0 Å². The molecule has 0 saturated heterocycles. The Kier molecular flexibility index (Phi) is 2.24. The fourth-order valence-electron chi connectivity index (χ4n) is 0. The summed E-state index contributed by atoms with van der Waals surface area (Å²) in [5.41, 5.74) is 0. The zero-order valence-corrected chi connectivity index (χ0v) is 5.17. The molecule has 0 aliphatic carbocycles. The number of rotatable bonds is 1. The van der Waals surface area contributed by atoms with E-state index in [0.717, 1.165) is 22.6 Å². The van der Waals surface area contributed by atoms with Crippen LogP contribution in [0.25, 0.3) is 0 Å². The summed E-state index contributed by atoms with van der Waals surface area (Å²) in [5, 5.41) is 0. The first-order valence-corrected chi connectivity index (χ1v) is 2.52. The Morgan fingerprint density at radius 2 is 1.67 bits per heavy atom. The van der Waals surface area contributed by atoms with Crippen molar-refractivity contribution in [1.29, 1.82) is 0 Å². The summed E-state index contributed by atoms with van der Waals surface area (Å²) in [5.74, 6) is 0. The van der Waals surface area contributed by atoms with Crippen molar-refractivity contribution in [2.24, 2.45) is 0 Å². The van der Waals surface area contributed by atoms with Gasteiger partial charge in [-0.25, -0.2) is 8.78 Å². The molecule has 0 aliphatic heterocycles. The van der Waals surface area contributed by atoms with Gasteiger partial charge in [-0.15, -0.1) is 0 Å². The fourth-order valence-corrected chi connectivity index (χ4v) is 0. The summed E-state index contributed by atoms with van der Waals surface area (Å²) in [6, 6.07) is 0. The molecule has 0 nitrogen and oxygen atoms in total. The van der Waals surface area contributed by atoms with Crippen LogP contribution in [-0.2, 0) is 0 Å². The van der Waals surface area contributed by atoms with Gasteiger partial charge in [-0.1, -0.05) is 0 Å². The largest absolute Gasteiger partial charge is 0.518 e. The van der Waals surface area contributed by atoms with Gasteiger partial charge in [0.05, 0.1) is 0 Å². The number of alkyl halides is 3. The summed E-state index contributed by atoms with van der Waals surface area (Å²) >= 11 is 0.788. The fraction of sp³-hybridized carbons (Fsp3) is 1.00. The van der Waals surface area contributed by atoms with E-state index in [0.29, 0.717) is 0 Å². The maximum absolute atomic E-state index is 11.1. The second kappa shape index (κ2) is 2.04. The van der Waals surface area contributed by atoms with Crippen LogP contribution in [0.2, 0.25) is 0 Å². The zero-order chi connectivity index (χ0) is 5.21. The molecule has 0 rings (SSSR count). The SMILES string of the molecule is F[BH2-]C(F)(F)I. The highest BCUT2D eigenvalue weighted by Crippen LogP contribution is 2.19. The molecule has 0 radical (unpaired) electrons. The molecule has 38 valence electrons. The summed E-state index contributed by atoms with van der Waals surface area (Å²) in [6.45, 7) is 0. The summed E-state index contributed by atoms with van der Waals surface area (Å²) in [7, 11) is -2.49. The van der Waals surface area contributed by atoms with Crippen LogP contribution in [0.4, 0.5) is 13.1 Å². The molecule has 0 aliphatic rings. The molecule has 0 heterocycles. The lowest BCUT2D eigenvalue weighted by Gasteiger charge is -2.04. The minimum atomic E-state index is -3.03. The maximum atomic E-state index is 11.1. The second-order valence-corrected chi connectivity index (χ2v) is 2.86. The highest BCUT2D eigenvalue weighted by atomic mass is 127. The molecule has 0 aromatic rings. The van der Waals surface area contributed by atoms with E-state index in [1.807, 2.05) is 0 Å². The lowest BCUT2D eigenvalue weighted by molar-refractivity contribution is 0.210. The Morgan fingerprint density at radius 1 is 1.50 bits per heavy atom. The quantitative estimate of drug-likeness (QED) is 0.343. The number of hydrogen-bond donors (Lipinski definition) is 0. The van der Waals surface area contributed by atoms with Gasteiger partial charge in [-0.2, -0.15) is 0 Å². The van der Waals surface area contributed by atoms with E-state index in [4.69, 9.17) is 0 Å².